The van der Waals surface area contributed by atoms with E-state index in [-0.39, 0.29) is 5.41 Å². The van der Waals surface area contributed by atoms with Gasteiger partial charge in [0.05, 0.1) is 0 Å². The molecule has 0 saturated carbocycles. The number of hydrogen-bond acceptors (Lipinski definition) is 0. The normalized spacial score (nSPS) is 13.1. The third-order valence-electron chi connectivity index (χ3n) is 8.30. The van der Waals surface area contributed by atoms with Gasteiger partial charge in [-0.05, 0) is 85.0 Å². The van der Waals surface area contributed by atoms with Crippen molar-refractivity contribution in [3.05, 3.63) is 157 Å². The van der Waals surface area contributed by atoms with Gasteiger partial charge in [0, 0.05) is 5.41 Å². The standard InChI is InChI=1S/C39H30/c1-39(2)37-25-33(28-12-7-4-8-13-28)20-22-35(37)36-23-21-34(26-38(36)39)32-15-9-14-31(24-32)30-18-16-29(17-19-30)27-10-5-3-6-11-27/h3-26H,1-2H3. The molecule has 0 heterocycles. The van der Waals surface area contributed by atoms with Gasteiger partial charge in [-0.15, -0.1) is 0 Å². The van der Waals surface area contributed by atoms with E-state index in [1.54, 1.807) is 0 Å². The Morgan fingerprint density at radius 2 is 0.641 bits per heavy atom. The molecule has 0 aromatic heterocycles. The molecule has 0 bridgehead atoms. The Kier molecular flexibility index (Phi) is 5.56. The minimum atomic E-state index is -0.0592. The van der Waals surface area contributed by atoms with Gasteiger partial charge in [0.25, 0.3) is 0 Å². The molecule has 39 heavy (non-hydrogen) atoms. The molecule has 1 aliphatic rings. The van der Waals surface area contributed by atoms with Crippen LogP contribution in [0, 0.1) is 0 Å². The van der Waals surface area contributed by atoms with Crippen molar-refractivity contribution in [3.63, 3.8) is 0 Å². The summed E-state index contributed by atoms with van der Waals surface area (Å²) in [6.45, 7) is 4.72. The summed E-state index contributed by atoms with van der Waals surface area (Å²) < 4.78 is 0. The monoisotopic (exact) mass is 498 g/mol. The fourth-order valence-corrected chi connectivity index (χ4v) is 6.09. The average molecular weight is 499 g/mol. The van der Waals surface area contributed by atoms with Crippen LogP contribution in [0.3, 0.4) is 0 Å². The first-order valence-corrected chi connectivity index (χ1v) is 13.7. The Morgan fingerprint density at radius 1 is 0.308 bits per heavy atom. The molecule has 0 saturated heterocycles. The lowest BCUT2D eigenvalue weighted by molar-refractivity contribution is 0.661. The Hall–Kier alpha value is -4.68. The van der Waals surface area contributed by atoms with Gasteiger partial charge >= 0.3 is 0 Å². The highest BCUT2D eigenvalue weighted by Crippen LogP contribution is 2.50. The molecule has 6 aromatic carbocycles. The van der Waals surface area contributed by atoms with Crippen molar-refractivity contribution in [2.24, 2.45) is 0 Å². The van der Waals surface area contributed by atoms with Gasteiger partial charge in [-0.3, -0.25) is 0 Å². The largest absolute Gasteiger partial charge is 0.0622 e. The summed E-state index contributed by atoms with van der Waals surface area (Å²) in [5.74, 6) is 0. The Bertz CT molecular complexity index is 1790. The maximum Gasteiger partial charge on any atom is 0.0159 e. The predicted molar refractivity (Wildman–Crippen MR) is 166 cm³/mol. The summed E-state index contributed by atoms with van der Waals surface area (Å²) in [5, 5.41) is 0. The Balaban J connectivity index is 1.23. The second-order valence-corrected chi connectivity index (χ2v) is 11.0. The molecular formula is C39H30. The first-order valence-electron chi connectivity index (χ1n) is 13.7. The molecule has 7 rings (SSSR count). The number of hydrogen-bond donors (Lipinski definition) is 0. The summed E-state index contributed by atoms with van der Waals surface area (Å²) >= 11 is 0. The number of fused-ring (bicyclic) bond motifs is 3. The lowest BCUT2D eigenvalue weighted by atomic mass is 9.80. The molecule has 0 fully saturated rings. The minimum Gasteiger partial charge on any atom is -0.0622 e. The molecule has 0 aliphatic heterocycles. The van der Waals surface area contributed by atoms with Crippen LogP contribution in [0.2, 0.25) is 0 Å². The van der Waals surface area contributed by atoms with Crippen LogP contribution in [0.5, 0.6) is 0 Å². The molecular weight excluding hydrogens is 468 g/mol. The zero-order valence-electron chi connectivity index (χ0n) is 22.4. The zero-order chi connectivity index (χ0) is 26.4. The van der Waals surface area contributed by atoms with Crippen molar-refractivity contribution in [3.8, 4) is 55.6 Å². The van der Waals surface area contributed by atoms with Crippen LogP contribution in [-0.4, -0.2) is 0 Å². The summed E-state index contributed by atoms with van der Waals surface area (Å²) in [5.41, 5.74) is 15.5. The molecule has 6 aromatic rings. The van der Waals surface area contributed by atoms with Crippen molar-refractivity contribution in [1.29, 1.82) is 0 Å². The summed E-state index contributed by atoms with van der Waals surface area (Å²) in [6.07, 6.45) is 0. The van der Waals surface area contributed by atoms with Gasteiger partial charge in [-0.1, -0.05) is 141 Å². The first kappa shape index (κ1) is 23.4. The third kappa shape index (κ3) is 4.10. The SMILES string of the molecule is CC1(C)c2cc(-c3ccccc3)ccc2-c2ccc(-c3cccc(-c4ccc(-c5ccccc5)cc4)c3)cc21. The van der Waals surface area contributed by atoms with Crippen LogP contribution in [0.25, 0.3) is 55.6 Å². The lowest BCUT2D eigenvalue weighted by Crippen LogP contribution is -2.15. The minimum absolute atomic E-state index is 0.0592. The van der Waals surface area contributed by atoms with Gasteiger partial charge in [-0.25, -0.2) is 0 Å². The van der Waals surface area contributed by atoms with Gasteiger partial charge in [0.15, 0.2) is 0 Å². The second-order valence-electron chi connectivity index (χ2n) is 11.0. The van der Waals surface area contributed by atoms with Crippen LogP contribution in [0.15, 0.2) is 146 Å². The molecule has 1 aliphatic carbocycles. The van der Waals surface area contributed by atoms with Gasteiger partial charge in [0.2, 0.25) is 0 Å². The van der Waals surface area contributed by atoms with Gasteiger partial charge in [0.1, 0.15) is 0 Å². The summed E-state index contributed by atoms with van der Waals surface area (Å²) in [6, 6.07) is 53.1. The quantitative estimate of drug-likeness (QED) is 0.227. The third-order valence-corrected chi connectivity index (χ3v) is 8.30. The highest BCUT2D eigenvalue weighted by molar-refractivity contribution is 5.86. The molecule has 0 amide bonds. The summed E-state index contributed by atoms with van der Waals surface area (Å²) in [7, 11) is 0. The Morgan fingerprint density at radius 3 is 1.18 bits per heavy atom. The smallest absolute Gasteiger partial charge is 0.0159 e. The number of benzene rings is 6. The molecule has 0 N–H and O–H groups in total. The van der Waals surface area contributed by atoms with Gasteiger partial charge < -0.3 is 0 Å². The van der Waals surface area contributed by atoms with Crippen molar-refractivity contribution in [1.82, 2.24) is 0 Å². The highest BCUT2D eigenvalue weighted by Gasteiger charge is 2.35. The van der Waals surface area contributed by atoms with Gasteiger partial charge in [-0.2, -0.15) is 0 Å². The van der Waals surface area contributed by atoms with Crippen LogP contribution < -0.4 is 0 Å². The van der Waals surface area contributed by atoms with E-state index in [1.807, 2.05) is 0 Å². The topological polar surface area (TPSA) is 0 Å². The summed E-state index contributed by atoms with van der Waals surface area (Å²) in [4.78, 5) is 0. The van der Waals surface area contributed by atoms with E-state index < -0.39 is 0 Å². The van der Waals surface area contributed by atoms with E-state index in [4.69, 9.17) is 0 Å². The molecule has 0 unspecified atom stereocenters. The lowest BCUT2D eigenvalue weighted by Gasteiger charge is -2.22. The molecule has 0 nitrogen and oxygen atoms in total. The van der Waals surface area contributed by atoms with E-state index in [0.717, 1.165) is 0 Å². The van der Waals surface area contributed by atoms with Crippen LogP contribution in [-0.2, 0) is 5.41 Å². The molecule has 0 atom stereocenters. The maximum absolute atomic E-state index is 2.41. The second kappa shape index (κ2) is 9.26. The van der Waals surface area contributed by atoms with E-state index in [1.165, 1.54) is 66.8 Å². The van der Waals surface area contributed by atoms with Crippen LogP contribution in [0.1, 0.15) is 25.0 Å². The van der Waals surface area contributed by atoms with E-state index in [2.05, 4.69) is 159 Å². The fraction of sp³-hybridized carbons (Fsp3) is 0.0769. The van der Waals surface area contributed by atoms with Crippen LogP contribution >= 0.6 is 0 Å². The van der Waals surface area contributed by atoms with Crippen molar-refractivity contribution >= 4 is 0 Å². The molecule has 186 valence electrons. The fourth-order valence-electron chi connectivity index (χ4n) is 6.09. The van der Waals surface area contributed by atoms with Crippen LogP contribution in [0.4, 0.5) is 0 Å². The number of rotatable bonds is 4. The van der Waals surface area contributed by atoms with Crippen molar-refractivity contribution in [2.75, 3.05) is 0 Å². The highest BCUT2D eigenvalue weighted by atomic mass is 14.4. The van der Waals surface area contributed by atoms with E-state index >= 15 is 0 Å². The first-order chi connectivity index (χ1) is 19.1. The average Bonchev–Trinajstić information content (AvgIpc) is 3.23. The predicted octanol–water partition coefficient (Wildman–Crippen LogP) is 10.7. The molecule has 0 heteroatoms. The zero-order valence-corrected chi connectivity index (χ0v) is 22.4. The van der Waals surface area contributed by atoms with Crippen molar-refractivity contribution < 1.29 is 0 Å². The van der Waals surface area contributed by atoms with E-state index in [9.17, 15) is 0 Å². The van der Waals surface area contributed by atoms with E-state index in [0.29, 0.717) is 0 Å². The molecule has 0 radical (unpaired) electrons. The molecule has 0 spiro atoms. The van der Waals surface area contributed by atoms with Crippen molar-refractivity contribution in [2.45, 2.75) is 19.3 Å². The Labute approximate surface area is 231 Å². The maximum atomic E-state index is 2.41.